The second-order valence-electron chi connectivity index (χ2n) is 6.31. The summed E-state index contributed by atoms with van der Waals surface area (Å²) in [5.74, 6) is -1.03. The second-order valence-corrected chi connectivity index (χ2v) is 7.86. The van der Waals surface area contributed by atoms with Crippen LogP contribution in [0.3, 0.4) is 0 Å². The predicted octanol–water partition coefficient (Wildman–Crippen LogP) is 2.39. The highest BCUT2D eigenvalue weighted by atomic mass is 127. The van der Waals surface area contributed by atoms with E-state index in [1.165, 1.54) is 11.0 Å². The first-order chi connectivity index (χ1) is 14.8. The summed E-state index contributed by atoms with van der Waals surface area (Å²) in [7, 11) is 0. The van der Waals surface area contributed by atoms with Crippen LogP contribution < -0.4 is 25.4 Å². The topological polar surface area (TPSA) is 111 Å². The lowest BCUT2D eigenvalue weighted by Crippen LogP contribution is -2.54. The molecule has 10 heteroatoms. The normalized spacial score (nSPS) is 15.1. The summed E-state index contributed by atoms with van der Waals surface area (Å²) in [5, 5.41) is 2.56. The Morgan fingerprint density at radius 1 is 1.23 bits per heavy atom. The highest BCUT2D eigenvalue weighted by Crippen LogP contribution is 2.35. The minimum absolute atomic E-state index is 0.0122. The largest absolute Gasteiger partial charge is 0.490 e. The van der Waals surface area contributed by atoms with Gasteiger partial charge in [-0.25, -0.2) is 0 Å². The number of benzene rings is 2. The molecule has 1 saturated heterocycles. The standard InChI is InChI=1S/C21H18IN3O5S/c1-2-29-16-10-12(9-15(22)18(16)30-11-17(23)26)8-14-19(27)24-21(31)25(20(14)28)13-6-4-3-5-7-13/h3-10H,2,11H2,1H3,(H2,23,26)(H,24,27,31)/b14-8-. The minimum Gasteiger partial charge on any atom is -0.490 e. The molecule has 0 radical (unpaired) electrons. The van der Waals surface area contributed by atoms with Crippen molar-refractivity contribution in [1.82, 2.24) is 5.32 Å². The highest BCUT2D eigenvalue weighted by Gasteiger charge is 2.34. The first-order valence-electron chi connectivity index (χ1n) is 9.15. The number of para-hydroxylation sites is 1. The number of carbonyl (C=O) groups excluding carboxylic acids is 3. The molecule has 0 bridgehead atoms. The van der Waals surface area contributed by atoms with Gasteiger partial charge in [-0.3, -0.25) is 24.6 Å². The number of amides is 3. The number of nitrogens with two attached hydrogens (primary N) is 1. The Bertz CT molecular complexity index is 1090. The number of primary amides is 1. The molecule has 3 N–H and O–H groups in total. The van der Waals surface area contributed by atoms with E-state index in [4.69, 9.17) is 27.4 Å². The van der Waals surface area contributed by atoms with Crippen LogP contribution in [0.25, 0.3) is 6.08 Å². The lowest BCUT2D eigenvalue weighted by Gasteiger charge is -2.28. The molecule has 1 aliphatic rings. The van der Waals surface area contributed by atoms with E-state index in [2.05, 4.69) is 5.32 Å². The number of halogens is 1. The molecule has 1 aliphatic heterocycles. The molecule has 0 aromatic heterocycles. The van der Waals surface area contributed by atoms with Crippen molar-refractivity contribution in [3.8, 4) is 11.5 Å². The number of ether oxygens (including phenoxy) is 2. The average Bonchev–Trinajstić information content (AvgIpc) is 2.71. The van der Waals surface area contributed by atoms with Crippen LogP contribution in [0.5, 0.6) is 11.5 Å². The van der Waals surface area contributed by atoms with Gasteiger partial charge in [0.05, 0.1) is 15.9 Å². The summed E-state index contributed by atoms with van der Waals surface area (Å²) in [5.41, 5.74) is 6.16. The quantitative estimate of drug-likeness (QED) is 0.237. The Balaban J connectivity index is 2.00. The van der Waals surface area contributed by atoms with Crippen molar-refractivity contribution in [3.05, 3.63) is 57.2 Å². The van der Waals surface area contributed by atoms with Crippen molar-refractivity contribution < 1.29 is 23.9 Å². The molecule has 0 saturated carbocycles. The molecule has 8 nitrogen and oxygen atoms in total. The zero-order valence-corrected chi connectivity index (χ0v) is 19.4. The van der Waals surface area contributed by atoms with Crippen LogP contribution in [0.2, 0.25) is 0 Å². The highest BCUT2D eigenvalue weighted by molar-refractivity contribution is 14.1. The third-order valence-electron chi connectivity index (χ3n) is 4.12. The van der Waals surface area contributed by atoms with Crippen LogP contribution in [0.15, 0.2) is 48.0 Å². The molecular formula is C21H18IN3O5S. The van der Waals surface area contributed by atoms with Gasteiger partial charge in [0.25, 0.3) is 17.7 Å². The number of anilines is 1. The summed E-state index contributed by atoms with van der Waals surface area (Å²) in [4.78, 5) is 37.9. The maximum atomic E-state index is 13.1. The molecule has 0 spiro atoms. The lowest BCUT2D eigenvalue weighted by atomic mass is 10.1. The number of carbonyl (C=O) groups is 3. The molecule has 0 unspecified atom stereocenters. The van der Waals surface area contributed by atoms with E-state index in [0.717, 1.165) is 0 Å². The fraction of sp³-hybridized carbons (Fsp3) is 0.143. The van der Waals surface area contributed by atoms with Gasteiger partial charge in [-0.2, -0.15) is 0 Å². The van der Waals surface area contributed by atoms with Gasteiger partial charge >= 0.3 is 0 Å². The van der Waals surface area contributed by atoms with Crippen LogP contribution in [0.1, 0.15) is 12.5 Å². The third-order valence-corrected chi connectivity index (χ3v) is 5.20. The number of hydrogen-bond donors (Lipinski definition) is 2. The zero-order valence-electron chi connectivity index (χ0n) is 16.4. The van der Waals surface area contributed by atoms with Gasteiger partial charge in [-0.1, -0.05) is 18.2 Å². The third kappa shape index (κ3) is 5.20. The minimum atomic E-state index is -0.620. The maximum absolute atomic E-state index is 13.1. The van der Waals surface area contributed by atoms with Gasteiger partial charge < -0.3 is 15.2 Å². The molecule has 3 rings (SSSR count). The van der Waals surface area contributed by atoms with E-state index in [1.807, 2.05) is 28.7 Å². The summed E-state index contributed by atoms with van der Waals surface area (Å²) >= 11 is 7.21. The van der Waals surface area contributed by atoms with E-state index in [9.17, 15) is 14.4 Å². The molecule has 0 aliphatic carbocycles. The van der Waals surface area contributed by atoms with Gasteiger partial charge in [0, 0.05) is 0 Å². The molecule has 1 heterocycles. The van der Waals surface area contributed by atoms with Gasteiger partial charge in [0.15, 0.2) is 23.2 Å². The van der Waals surface area contributed by atoms with Crippen LogP contribution in [0, 0.1) is 3.57 Å². The van der Waals surface area contributed by atoms with Gasteiger partial charge in [0.1, 0.15) is 5.57 Å². The van der Waals surface area contributed by atoms with Gasteiger partial charge in [-0.15, -0.1) is 0 Å². The fourth-order valence-electron chi connectivity index (χ4n) is 2.85. The molecule has 3 amide bonds. The fourth-order valence-corrected chi connectivity index (χ4v) is 3.92. The maximum Gasteiger partial charge on any atom is 0.270 e. The number of hydrogen-bond acceptors (Lipinski definition) is 6. The van der Waals surface area contributed by atoms with Crippen LogP contribution in [0.4, 0.5) is 5.69 Å². The van der Waals surface area contributed by atoms with Crippen molar-refractivity contribution in [3.63, 3.8) is 0 Å². The monoisotopic (exact) mass is 551 g/mol. The Hall–Kier alpha value is -2.99. The second kappa shape index (κ2) is 9.88. The molecule has 2 aromatic carbocycles. The van der Waals surface area contributed by atoms with Crippen molar-refractivity contribution in [1.29, 1.82) is 0 Å². The Morgan fingerprint density at radius 2 is 1.94 bits per heavy atom. The van der Waals surface area contributed by atoms with Gasteiger partial charge in [-0.05, 0) is 77.6 Å². The summed E-state index contributed by atoms with van der Waals surface area (Å²) in [6, 6.07) is 12.1. The van der Waals surface area contributed by atoms with Gasteiger partial charge in [0.2, 0.25) is 0 Å². The summed E-state index contributed by atoms with van der Waals surface area (Å²) < 4.78 is 11.7. The SMILES string of the molecule is CCOc1cc(/C=C2/C(=O)NC(=S)N(c3ccccc3)C2=O)cc(I)c1OCC(N)=O. The lowest BCUT2D eigenvalue weighted by molar-refractivity contribution is -0.122. The molecule has 2 aromatic rings. The Kier molecular flexibility index (Phi) is 7.23. The molecule has 1 fully saturated rings. The van der Waals surface area contributed by atoms with E-state index in [1.54, 1.807) is 43.3 Å². The molecule has 0 atom stereocenters. The number of rotatable bonds is 7. The van der Waals surface area contributed by atoms with E-state index < -0.39 is 17.7 Å². The first kappa shape index (κ1) is 22.7. The Labute approximate surface area is 197 Å². The van der Waals surface area contributed by atoms with Crippen molar-refractivity contribution in [2.75, 3.05) is 18.1 Å². The smallest absolute Gasteiger partial charge is 0.270 e. The average molecular weight is 551 g/mol. The first-order valence-corrected chi connectivity index (χ1v) is 10.6. The van der Waals surface area contributed by atoms with E-state index in [0.29, 0.717) is 32.9 Å². The van der Waals surface area contributed by atoms with Crippen LogP contribution in [-0.2, 0) is 14.4 Å². The van der Waals surface area contributed by atoms with E-state index >= 15 is 0 Å². The van der Waals surface area contributed by atoms with Crippen LogP contribution >= 0.6 is 34.8 Å². The Morgan fingerprint density at radius 3 is 2.58 bits per heavy atom. The number of nitrogens with zero attached hydrogens (tertiary/aromatic N) is 1. The molecule has 160 valence electrons. The molecule has 31 heavy (non-hydrogen) atoms. The van der Waals surface area contributed by atoms with Crippen molar-refractivity contribution in [2.45, 2.75) is 6.92 Å². The predicted molar refractivity (Wildman–Crippen MR) is 128 cm³/mol. The molecular weight excluding hydrogens is 533 g/mol. The number of nitrogens with one attached hydrogen (secondary N) is 1. The van der Waals surface area contributed by atoms with E-state index in [-0.39, 0.29) is 17.3 Å². The summed E-state index contributed by atoms with van der Waals surface area (Å²) in [6.07, 6.45) is 1.46. The van der Waals surface area contributed by atoms with Crippen molar-refractivity contribution >= 4 is 69.4 Å². The summed E-state index contributed by atoms with van der Waals surface area (Å²) in [6.45, 7) is 1.84. The van der Waals surface area contributed by atoms with Crippen molar-refractivity contribution in [2.24, 2.45) is 5.73 Å². The number of thiocarbonyl (C=S) groups is 1. The van der Waals surface area contributed by atoms with Crippen LogP contribution in [-0.4, -0.2) is 36.0 Å². The zero-order chi connectivity index (χ0) is 22.5.